The summed E-state index contributed by atoms with van der Waals surface area (Å²) >= 11 is 1.51. The van der Waals surface area contributed by atoms with Gasteiger partial charge in [-0.1, -0.05) is 6.07 Å². The van der Waals surface area contributed by atoms with E-state index in [0.29, 0.717) is 31.5 Å². The highest BCUT2D eigenvalue weighted by molar-refractivity contribution is 7.09. The number of aromatic nitrogens is 2. The summed E-state index contributed by atoms with van der Waals surface area (Å²) in [6, 6.07) is 3.76. The third-order valence-electron chi connectivity index (χ3n) is 3.61. The number of carbonyl (C=O) groups is 1. The first-order valence-electron chi connectivity index (χ1n) is 6.90. The van der Waals surface area contributed by atoms with Crippen molar-refractivity contribution in [3.8, 4) is 0 Å². The zero-order valence-electron chi connectivity index (χ0n) is 11.6. The lowest BCUT2D eigenvalue weighted by Gasteiger charge is -2.07. The minimum absolute atomic E-state index is 0.177. The second-order valence-electron chi connectivity index (χ2n) is 5.14. The highest BCUT2D eigenvalue weighted by atomic mass is 32.1. The number of nitrogens with zero attached hydrogens (tertiary/aromatic N) is 2. The van der Waals surface area contributed by atoms with Gasteiger partial charge in [0.25, 0.3) is 0 Å². The lowest BCUT2D eigenvalue weighted by molar-refractivity contribution is -0.142. The van der Waals surface area contributed by atoms with Crippen LogP contribution >= 0.6 is 11.3 Å². The minimum atomic E-state index is -4.47. The summed E-state index contributed by atoms with van der Waals surface area (Å²) in [5.41, 5.74) is -0.0526. The molecule has 3 rings (SSSR count). The van der Waals surface area contributed by atoms with Gasteiger partial charge in [0, 0.05) is 16.1 Å². The number of carbonyl (C=O) groups excluding carboxylic acids is 1. The maximum Gasteiger partial charge on any atom is 0.435 e. The van der Waals surface area contributed by atoms with Crippen molar-refractivity contribution in [2.45, 2.75) is 38.5 Å². The van der Waals surface area contributed by atoms with E-state index in [4.69, 9.17) is 0 Å². The minimum Gasteiger partial charge on any atom is -0.350 e. The normalized spacial score (nSPS) is 14.1. The van der Waals surface area contributed by atoms with Crippen LogP contribution in [0.3, 0.4) is 0 Å². The van der Waals surface area contributed by atoms with Crippen LogP contribution in [0, 0.1) is 0 Å². The van der Waals surface area contributed by atoms with Gasteiger partial charge >= 0.3 is 6.18 Å². The summed E-state index contributed by atoms with van der Waals surface area (Å²) in [5.74, 6) is -0.334. The predicted octanol–water partition coefficient (Wildman–Crippen LogP) is 2.77. The Kier molecular flexibility index (Phi) is 3.94. The van der Waals surface area contributed by atoms with Gasteiger partial charge in [0.2, 0.25) is 5.91 Å². The second kappa shape index (κ2) is 5.75. The molecule has 0 unspecified atom stereocenters. The number of alkyl halides is 3. The van der Waals surface area contributed by atoms with Crippen LogP contribution in [0.2, 0.25) is 0 Å². The zero-order valence-corrected chi connectivity index (χ0v) is 12.4. The number of thiophene rings is 1. The monoisotopic (exact) mass is 329 g/mol. The number of hydrogen-bond donors (Lipinski definition) is 1. The van der Waals surface area contributed by atoms with Gasteiger partial charge in [0.1, 0.15) is 6.54 Å². The average Bonchev–Trinajstić information content (AvgIpc) is 3.13. The fourth-order valence-corrected chi connectivity index (χ4v) is 3.30. The fraction of sp³-hybridized carbons (Fsp3) is 0.429. The first kappa shape index (κ1) is 15.1. The van der Waals surface area contributed by atoms with Gasteiger partial charge in [-0.25, -0.2) is 0 Å². The third kappa shape index (κ3) is 3.01. The lowest BCUT2D eigenvalue weighted by Crippen LogP contribution is -2.28. The molecule has 1 aliphatic carbocycles. The van der Waals surface area contributed by atoms with Crippen molar-refractivity contribution >= 4 is 17.2 Å². The van der Waals surface area contributed by atoms with Crippen LogP contribution in [0.1, 0.15) is 28.2 Å². The van der Waals surface area contributed by atoms with Crippen LogP contribution in [0.5, 0.6) is 0 Å². The van der Waals surface area contributed by atoms with E-state index < -0.39 is 11.9 Å². The standard InChI is InChI=1S/C14H14F3N3OS/c15-14(16,17)13-10-4-1-5-11(10)20(19-13)8-12(21)18-7-9-3-2-6-22-9/h2-3,6H,1,4-5,7-8H2,(H,18,21). The first-order chi connectivity index (χ1) is 10.4. The summed E-state index contributed by atoms with van der Waals surface area (Å²) in [6.07, 6.45) is -2.88. The van der Waals surface area contributed by atoms with E-state index in [0.717, 1.165) is 4.88 Å². The number of amides is 1. The fourth-order valence-electron chi connectivity index (χ4n) is 2.66. The Labute approximate surface area is 128 Å². The zero-order chi connectivity index (χ0) is 15.7. The maximum atomic E-state index is 13.0. The smallest absolute Gasteiger partial charge is 0.350 e. The summed E-state index contributed by atoms with van der Waals surface area (Å²) in [6.45, 7) is 0.204. The van der Waals surface area contributed by atoms with Crippen LogP contribution in [0.15, 0.2) is 17.5 Å². The number of halogens is 3. The van der Waals surface area contributed by atoms with Crippen molar-refractivity contribution in [2.24, 2.45) is 0 Å². The largest absolute Gasteiger partial charge is 0.435 e. The topological polar surface area (TPSA) is 46.9 Å². The van der Waals surface area contributed by atoms with Crippen LogP contribution < -0.4 is 5.32 Å². The molecule has 2 aromatic rings. The molecule has 0 saturated carbocycles. The summed E-state index contributed by atoms with van der Waals surface area (Å²) < 4.78 is 40.1. The molecule has 1 amide bonds. The van der Waals surface area contributed by atoms with Gasteiger partial charge in [0.15, 0.2) is 5.69 Å². The predicted molar refractivity (Wildman–Crippen MR) is 75.4 cm³/mol. The molecule has 2 heterocycles. The highest BCUT2D eigenvalue weighted by Gasteiger charge is 2.40. The van der Waals surface area contributed by atoms with E-state index in [2.05, 4.69) is 10.4 Å². The maximum absolute atomic E-state index is 13.0. The highest BCUT2D eigenvalue weighted by Crippen LogP contribution is 2.36. The SMILES string of the molecule is O=C(Cn1nc(C(F)(F)F)c2c1CCC2)NCc1cccs1. The molecule has 1 aliphatic rings. The van der Waals surface area contributed by atoms with Gasteiger partial charge in [-0.05, 0) is 30.7 Å². The van der Waals surface area contributed by atoms with Crippen molar-refractivity contribution in [3.63, 3.8) is 0 Å². The molecule has 2 aromatic heterocycles. The van der Waals surface area contributed by atoms with E-state index in [-0.39, 0.29) is 18.0 Å². The Hall–Kier alpha value is -1.83. The molecule has 118 valence electrons. The van der Waals surface area contributed by atoms with Gasteiger partial charge in [-0.2, -0.15) is 18.3 Å². The van der Waals surface area contributed by atoms with Crippen LogP contribution in [0.25, 0.3) is 0 Å². The molecule has 0 spiro atoms. The van der Waals surface area contributed by atoms with Gasteiger partial charge in [-0.3, -0.25) is 9.48 Å². The first-order valence-corrected chi connectivity index (χ1v) is 7.78. The molecule has 0 saturated heterocycles. The van der Waals surface area contributed by atoms with Crippen LogP contribution in [-0.2, 0) is 36.9 Å². The molecular formula is C14H14F3N3OS. The summed E-state index contributed by atoms with van der Waals surface area (Å²) in [4.78, 5) is 12.9. The Balaban J connectivity index is 1.71. The molecule has 1 N–H and O–H groups in total. The molecule has 0 fully saturated rings. The number of hydrogen-bond acceptors (Lipinski definition) is 3. The Morgan fingerprint density at radius 1 is 1.41 bits per heavy atom. The molecule has 0 bridgehead atoms. The quantitative estimate of drug-likeness (QED) is 0.937. The Bertz CT molecular complexity index is 676. The van der Waals surface area contributed by atoms with Crippen molar-refractivity contribution in [3.05, 3.63) is 39.3 Å². The van der Waals surface area contributed by atoms with Gasteiger partial charge in [-0.15, -0.1) is 11.3 Å². The number of rotatable bonds is 4. The van der Waals surface area contributed by atoms with Crippen molar-refractivity contribution in [1.82, 2.24) is 15.1 Å². The molecule has 0 aromatic carbocycles. The van der Waals surface area contributed by atoms with E-state index in [1.54, 1.807) is 0 Å². The molecular weight excluding hydrogens is 315 g/mol. The number of fused-ring (bicyclic) bond motifs is 1. The van der Waals surface area contributed by atoms with E-state index in [9.17, 15) is 18.0 Å². The molecule has 4 nitrogen and oxygen atoms in total. The molecule has 22 heavy (non-hydrogen) atoms. The Morgan fingerprint density at radius 3 is 2.91 bits per heavy atom. The molecule has 0 radical (unpaired) electrons. The van der Waals surface area contributed by atoms with Crippen molar-refractivity contribution < 1.29 is 18.0 Å². The van der Waals surface area contributed by atoms with Gasteiger partial charge < -0.3 is 5.32 Å². The Morgan fingerprint density at radius 2 is 2.23 bits per heavy atom. The van der Waals surface area contributed by atoms with Crippen molar-refractivity contribution in [1.29, 1.82) is 0 Å². The van der Waals surface area contributed by atoms with E-state index >= 15 is 0 Å². The van der Waals surface area contributed by atoms with Gasteiger partial charge in [0.05, 0.1) is 6.54 Å². The van der Waals surface area contributed by atoms with E-state index in [1.165, 1.54) is 16.0 Å². The van der Waals surface area contributed by atoms with Crippen LogP contribution in [0.4, 0.5) is 13.2 Å². The average molecular weight is 329 g/mol. The summed E-state index contributed by atoms with van der Waals surface area (Å²) in [5, 5.41) is 8.22. The summed E-state index contributed by atoms with van der Waals surface area (Å²) in [7, 11) is 0. The van der Waals surface area contributed by atoms with Crippen molar-refractivity contribution in [2.75, 3.05) is 0 Å². The van der Waals surface area contributed by atoms with E-state index in [1.807, 2.05) is 17.5 Å². The lowest BCUT2D eigenvalue weighted by atomic mass is 10.2. The third-order valence-corrected chi connectivity index (χ3v) is 4.48. The second-order valence-corrected chi connectivity index (χ2v) is 6.17. The number of nitrogens with one attached hydrogen (secondary N) is 1. The molecule has 0 atom stereocenters. The molecule has 0 aliphatic heterocycles. The van der Waals surface area contributed by atoms with Crippen LogP contribution in [-0.4, -0.2) is 15.7 Å². The molecule has 8 heteroatoms.